The largest absolute Gasteiger partial charge is 0.487 e. The molecular formula is C13H9ClF2O. The Morgan fingerprint density at radius 1 is 0.941 bits per heavy atom. The monoisotopic (exact) mass is 254 g/mol. The zero-order valence-corrected chi connectivity index (χ0v) is 9.55. The summed E-state index contributed by atoms with van der Waals surface area (Å²) in [6, 6.07) is 10.5. The predicted octanol–water partition coefficient (Wildman–Crippen LogP) is 4.20. The molecule has 0 amide bonds. The standard InChI is InChI=1S/C13H9ClF2O/c14-10-4-1-2-7-13(10)17-8-9-11(15)5-3-6-12(9)16/h1-7H,8H2. The molecule has 2 rings (SSSR count). The summed E-state index contributed by atoms with van der Waals surface area (Å²) in [5, 5.41) is 0.407. The van der Waals surface area contributed by atoms with E-state index in [2.05, 4.69) is 0 Å². The van der Waals surface area contributed by atoms with Crippen molar-refractivity contribution in [3.63, 3.8) is 0 Å². The number of ether oxygens (including phenoxy) is 1. The summed E-state index contributed by atoms with van der Waals surface area (Å²) in [6.07, 6.45) is 0. The van der Waals surface area contributed by atoms with E-state index in [-0.39, 0.29) is 12.2 Å². The maximum absolute atomic E-state index is 13.3. The van der Waals surface area contributed by atoms with Gasteiger partial charge in [0.1, 0.15) is 24.0 Å². The Morgan fingerprint density at radius 3 is 2.24 bits per heavy atom. The summed E-state index contributed by atoms with van der Waals surface area (Å²) in [5.74, 6) is -0.856. The number of halogens is 3. The molecule has 0 bridgehead atoms. The van der Waals surface area contributed by atoms with E-state index in [1.807, 2.05) is 0 Å². The van der Waals surface area contributed by atoms with Crippen molar-refractivity contribution < 1.29 is 13.5 Å². The SMILES string of the molecule is Fc1cccc(F)c1COc1ccccc1Cl. The third kappa shape index (κ3) is 2.74. The van der Waals surface area contributed by atoms with Crippen LogP contribution in [0.15, 0.2) is 42.5 Å². The minimum absolute atomic E-state index is 0.104. The summed E-state index contributed by atoms with van der Waals surface area (Å²) >= 11 is 5.86. The molecular weight excluding hydrogens is 246 g/mol. The molecule has 0 fully saturated rings. The van der Waals surface area contributed by atoms with Gasteiger partial charge in [0.15, 0.2) is 0 Å². The van der Waals surface area contributed by atoms with Crippen molar-refractivity contribution in [1.29, 1.82) is 0 Å². The van der Waals surface area contributed by atoms with Crippen molar-refractivity contribution in [3.8, 4) is 5.75 Å². The summed E-state index contributed by atoms with van der Waals surface area (Å²) in [5.41, 5.74) is -0.104. The fourth-order valence-corrected chi connectivity index (χ4v) is 1.57. The van der Waals surface area contributed by atoms with E-state index in [4.69, 9.17) is 16.3 Å². The quantitative estimate of drug-likeness (QED) is 0.798. The molecule has 1 nitrogen and oxygen atoms in total. The molecule has 0 saturated heterocycles. The highest BCUT2D eigenvalue weighted by Gasteiger charge is 2.09. The molecule has 0 aromatic heterocycles. The maximum Gasteiger partial charge on any atom is 0.138 e. The fraction of sp³-hybridized carbons (Fsp3) is 0.0769. The van der Waals surface area contributed by atoms with E-state index < -0.39 is 11.6 Å². The van der Waals surface area contributed by atoms with Gasteiger partial charge in [-0.3, -0.25) is 0 Å². The third-order valence-electron chi connectivity index (χ3n) is 2.27. The van der Waals surface area contributed by atoms with Crippen LogP contribution in [0, 0.1) is 11.6 Å². The fourth-order valence-electron chi connectivity index (χ4n) is 1.38. The van der Waals surface area contributed by atoms with Gasteiger partial charge in [-0.25, -0.2) is 8.78 Å². The zero-order valence-electron chi connectivity index (χ0n) is 8.79. The molecule has 0 atom stereocenters. The second-order valence-electron chi connectivity index (χ2n) is 3.42. The van der Waals surface area contributed by atoms with Gasteiger partial charge in [0, 0.05) is 0 Å². The van der Waals surface area contributed by atoms with Crippen LogP contribution in [-0.4, -0.2) is 0 Å². The van der Waals surface area contributed by atoms with Crippen LogP contribution in [0.4, 0.5) is 8.78 Å². The number of para-hydroxylation sites is 1. The molecule has 0 N–H and O–H groups in total. The average Bonchev–Trinajstić information content (AvgIpc) is 2.30. The van der Waals surface area contributed by atoms with E-state index in [0.29, 0.717) is 10.8 Å². The first-order valence-electron chi connectivity index (χ1n) is 4.98. The van der Waals surface area contributed by atoms with Crippen LogP contribution in [0.1, 0.15) is 5.56 Å². The topological polar surface area (TPSA) is 9.23 Å². The van der Waals surface area contributed by atoms with E-state index in [9.17, 15) is 8.78 Å². The van der Waals surface area contributed by atoms with Crippen molar-refractivity contribution in [1.82, 2.24) is 0 Å². The first-order valence-corrected chi connectivity index (χ1v) is 5.36. The lowest BCUT2D eigenvalue weighted by atomic mass is 10.2. The number of rotatable bonds is 3. The Morgan fingerprint density at radius 2 is 1.59 bits per heavy atom. The molecule has 17 heavy (non-hydrogen) atoms. The van der Waals surface area contributed by atoms with Crippen molar-refractivity contribution in [2.24, 2.45) is 0 Å². The lowest BCUT2D eigenvalue weighted by Gasteiger charge is -2.09. The van der Waals surface area contributed by atoms with Gasteiger partial charge in [-0.1, -0.05) is 29.8 Å². The molecule has 2 aromatic carbocycles. The van der Waals surface area contributed by atoms with Crippen LogP contribution in [0.25, 0.3) is 0 Å². The normalized spacial score (nSPS) is 10.3. The van der Waals surface area contributed by atoms with Crippen molar-refractivity contribution >= 4 is 11.6 Å². The highest BCUT2D eigenvalue weighted by Crippen LogP contribution is 2.24. The lowest BCUT2D eigenvalue weighted by molar-refractivity contribution is 0.292. The minimum atomic E-state index is -0.628. The minimum Gasteiger partial charge on any atom is -0.487 e. The molecule has 4 heteroatoms. The Labute approximate surface area is 103 Å². The second kappa shape index (κ2) is 5.15. The average molecular weight is 255 g/mol. The molecule has 0 heterocycles. The molecule has 0 aliphatic carbocycles. The van der Waals surface area contributed by atoms with Gasteiger partial charge in [0.2, 0.25) is 0 Å². The first-order chi connectivity index (χ1) is 8.18. The van der Waals surface area contributed by atoms with Crippen LogP contribution < -0.4 is 4.74 Å². The Bertz CT molecular complexity index is 508. The summed E-state index contributed by atoms with van der Waals surface area (Å²) in [6.45, 7) is -0.192. The van der Waals surface area contributed by atoms with E-state index in [0.717, 1.165) is 0 Å². The highest BCUT2D eigenvalue weighted by atomic mass is 35.5. The predicted molar refractivity (Wildman–Crippen MR) is 62.1 cm³/mol. The summed E-state index contributed by atoms with van der Waals surface area (Å²) in [4.78, 5) is 0. The van der Waals surface area contributed by atoms with Gasteiger partial charge in [-0.15, -0.1) is 0 Å². The van der Waals surface area contributed by atoms with Crippen LogP contribution in [0.5, 0.6) is 5.75 Å². The number of benzene rings is 2. The van der Waals surface area contributed by atoms with Gasteiger partial charge in [-0.05, 0) is 24.3 Å². The first kappa shape index (κ1) is 11.9. The molecule has 2 aromatic rings. The summed E-state index contributed by atoms with van der Waals surface area (Å²) < 4.78 is 31.9. The van der Waals surface area contributed by atoms with E-state index >= 15 is 0 Å². The van der Waals surface area contributed by atoms with Gasteiger partial charge in [0.05, 0.1) is 10.6 Å². The molecule has 0 radical (unpaired) electrons. The van der Waals surface area contributed by atoms with Crippen LogP contribution in [-0.2, 0) is 6.61 Å². The lowest BCUT2D eigenvalue weighted by Crippen LogP contribution is -2.01. The number of hydrogen-bond acceptors (Lipinski definition) is 1. The van der Waals surface area contributed by atoms with E-state index in [1.165, 1.54) is 18.2 Å². The highest BCUT2D eigenvalue weighted by molar-refractivity contribution is 6.32. The van der Waals surface area contributed by atoms with Crippen LogP contribution >= 0.6 is 11.6 Å². The molecule has 0 aliphatic heterocycles. The van der Waals surface area contributed by atoms with Crippen molar-refractivity contribution in [3.05, 3.63) is 64.7 Å². The molecule has 0 aliphatic rings. The molecule has 0 spiro atoms. The molecule has 88 valence electrons. The van der Waals surface area contributed by atoms with E-state index in [1.54, 1.807) is 24.3 Å². The summed E-state index contributed by atoms with van der Waals surface area (Å²) in [7, 11) is 0. The van der Waals surface area contributed by atoms with Crippen LogP contribution in [0.2, 0.25) is 5.02 Å². The van der Waals surface area contributed by atoms with Crippen LogP contribution in [0.3, 0.4) is 0 Å². The molecule has 0 unspecified atom stereocenters. The van der Waals surface area contributed by atoms with Crippen molar-refractivity contribution in [2.75, 3.05) is 0 Å². The van der Waals surface area contributed by atoms with Gasteiger partial charge < -0.3 is 4.74 Å². The number of hydrogen-bond donors (Lipinski definition) is 0. The second-order valence-corrected chi connectivity index (χ2v) is 3.83. The maximum atomic E-state index is 13.3. The van der Waals surface area contributed by atoms with Gasteiger partial charge >= 0.3 is 0 Å². The Kier molecular flexibility index (Phi) is 3.59. The van der Waals surface area contributed by atoms with Gasteiger partial charge in [0.25, 0.3) is 0 Å². The van der Waals surface area contributed by atoms with Gasteiger partial charge in [-0.2, -0.15) is 0 Å². The molecule has 0 saturated carbocycles. The Balaban J connectivity index is 2.16. The smallest absolute Gasteiger partial charge is 0.138 e. The third-order valence-corrected chi connectivity index (χ3v) is 2.58. The Hall–Kier alpha value is -1.61. The van der Waals surface area contributed by atoms with Crippen molar-refractivity contribution in [2.45, 2.75) is 6.61 Å². The zero-order chi connectivity index (χ0) is 12.3.